The maximum absolute atomic E-state index is 12.0. The van der Waals surface area contributed by atoms with E-state index in [-0.39, 0.29) is 23.0 Å². The van der Waals surface area contributed by atoms with Crippen molar-refractivity contribution in [3.8, 4) is 11.5 Å². The maximum Gasteiger partial charge on any atom is 0.150 e. The van der Waals surface area contributed by atoms with Gasteiger partial charge in [-0.05, 0) is 48.2 Å². The quantitative estimate of drug-likeness (QED) is 0.858. The van der Waals surface area contributed by atoms with Crippen LogP contribution in [-0.4, -0.2) is 30.1 Å². The molecule has 112 valence electrons. The van der Waals surface area contributed by atoms with Gasteiger partial charge in [-0.1, -0.05) is 24.3 Å². The summed E-state index contributed by atoms with van der Waals surface area (Å²) in [5, 5.41) is 18.7. The van der Waals surface area contributed by atoms with Crippen molar-refractivity contribution in [2.45, 2.75) is 12.8 Å². The molecule has 4 nitrogen and oxygen atoms in total. The third-order valence-electron chi connectivity index (χ3n) is 3.22. The van der Waals surface area contributed by atoms with Crippen molar-refractivity contribution in [3.05, 3.63) is 59.7 Å². The Bertz CT molecular complexity index is 652. The van der Waals surface area contributed by atoms with Crippen molar-refractivity contribution in [2.75, 3.05) is 11.5 Å². The molecule has 0 aliphatic rings. The van der Waals surface area contributed by atoms with Gasteiger partial charge in [-0.3, -0.25) is 0 Å². The lowest BCUT2D eigenvalue weighted by Crippen LogP contribution is -2.14. The first kappa shape index (κ1) is 15.4. The van der Waals surface area contributed by atoms with Gasteiger partial charge in [0.05, 0.1) is 11.5 Å². The first-order valence-corrected chi connectivity index (χ1v) is 8.53. The van der Waals surface area contributed by atoms with Gasteiger partial charge in [0, 0.05) is 0 Å². The van der Waals surface area contributed by atoms with Crippen LogP contribution in [0.3, 0.4) is 0 Å². The van der Waals surface area contributed by atoms with Crippen LogP contribution in [0.15, 0.2) is 48.5 Å². The second-order valence-corrected chi connectivity index (χ2v) is 7.30. The number of aryl methyl sites for hydroxylation is 2. The van der Waals surface area contributed by atoms with Gasteiger partial charge < -0.3 is 10.2 Å². The number of rotatable bonds is 6. The zero-order valence-electron chi connectivity index (χ0n) is 11.6. The Morgan fingerprint density at radius 1 is 0.762 bits per heavy atom. The van der Waals surface area contributed by atoms with E-state index in [9.17, 15) is 18.6 Å². The Labute approximate surface area is 124 Å². The highest BCUT2D eigenvalue weighted by atomic mass is 32.2. The predicted octanol–water partition coefficient (Wildman–Crippen LogP) is 2.30. The lowest BCUT2D eigenvalue weighted by atomic mass is 10.2. The maximum atomic E-state index is 12.0. The monoisotopic (exact) mass is 306 g/mol. The summed E-state index contributed by atoms with van der Waals surface area (Å²) in [5.74, 6) is 0.388. The highest BCUT2D eigenvalue weighted by molar-refractivity contribution is 7.91. The molecule has 0 spiro atoms. The predicted molar refractivity (Wildman–Crippen MR) is 82.3 cm³/mol. The molecule has 0 saturated carbocycles. The van der Waals surface area contributed by atoms with Crippen molar-refractivity contribution in [1.82, 2.24) is 0 Å². The van der Waals surface area contributed by atoms with E-state index in [0.717, 1.165) is 11.1 Å². The first-order valence-electron chi connectivity index (χ1n) is 6.71. The molecule has 0 heterocycles. The van der Waals surface area contributed by atoms with Crippen molar-refractivity contribution in [2.24, 2.45) is 0 Å². The fraction of sp³-hybridized carbons (Fsp3) is 0.250. The number of sulfone groups is 1. The van der Waals surface area contributed by atoms with Gasteiger partial charge in [-0.15, -0.1) is 0 Å². The van der Waals surface area contributed by atoms with E-state index in [2.05, 4.69) is 0 Å². The van der Waals surface area contributed by atoms with Crippen LogP contribution in [0.25, 0.3) is 0 Å². The molecule has 0 amide bonds. The summed E-state index contributed by atoms with van der Waals surface area (Å²) in [6.07, 6.45) is 0.771. The number of phenols is 2. The van der Waals surface area contributed by atoms with E-state index in [1.807, 2.05) is 0 Å². The summed E-state index contributed by atoms with van der Waals surface area (Å²) in [7, 11) is -3.17. The average Bonchev–Trinajstić information content (AvgIpc) is 2.44. The molecule has 0 aliphatic heterocycles. The van der Waals surface area contributed by atoms with E-state index in [0.29, 0.717) is 12.8 Å². The smallest absolute Gasteiger partial charge is 0.150 e. The van der Waals surface area contributed by atoms with Crippen LogP contribution in [0.4, 0.5) is 0 Å². The number of phenolic OH excluding ortho intramolecular Hbond substituents is 2. The van der Waals surface area contributed by atoms with E-state index < -0.39 is 9.84 Å². The fourth-order valence-electron chi connectivity index (χ4n) is 2.07. The summed E-state index contributed by atoms with van der Waals surface area (Å²) in [5.41, 5.74) is 1.60. The summed E-state index contributed by atoms with van der Waals surface area (Å²) in [6.45, 7) is 0. The minimum Gasteiger partial charge on any atom is -0.508 e. The molecule has 0 unspecified atom stereocenters. The molecule has 2 aromatic carbocycles. The Morgan fingerprint density at radius 2 is 1.19 bits per heavy atom. The van der Waals surface area contributed by atoms with Gasteiger partial charge in [0.15, 0.2) is 9.84 Å². The molecule has 0 saturated heterocycles. The Kier molecular flexibility index (Phi) is 4.85. The standard InChI is InChI=1S/C16H18O4S/c17-15-5-1-3-13(11-15)7-9-21(19,20)10-8-14-4-2-6-16(18)12-14/h1-6,11-12,17-18H,7-10H2. The minimum absolute atomic E-state index is 0.0509. The third-order valence-corrected chi connectivity index (χ3v) is 4.88. The highest BCUT2D eigenvalue weighted by Gasteiger charge is 2.11. The Balaban J connectivity index is 1.90. The van der Waals surface area contributed by atoms with Crippen molar-refractivity contribution < 1.29 is 18.6 Å². The molecule has 2 aromatic rings. The second kappa shape index (κ2) is 6.63. The van der Waals surface area contributed by atoms with Crippen LogP contribution in [0, 0.1) is 0 Å². The average molecular weight is 306 g/mol. The van der Waals surface area contributed by atoms with Crippen LogP contribution < -0.4 is 0 Å². The molecule has 0 aromatic heterocycles. The minimum atomic E-state index is -3.17. The van der Waals surface area contributed by atoms with Gasteiger partial charge in [-0.25, -0.2) is 8.42 Å². The van der Waals surface area contributed by atoms with Crippen LogP contribution in [-0.2, 0) is 22.7 Å². The van der Waals surface area contributed by atoms with Crippen LogP contribution >= 0.6 is 0 Å². The second-order valence-electron chi connectivity index (χ2n) is 4.99. The molecule has 2 rings (SSSR count). The molecule has 0 bridgehead atoms. The summed E-state index contributed by atoms with van der Waals surface area (Å²) in [4.78, 5) is 0. The first-order chi connectivity index (χ1) is 9.94. The molecular weight excluding hydrogens is 288 g/mol. The number of hydrogen-bond acceptors (Lipinski definition) is 4. The zero-order chi connectivity index (χ0) is 15.3. The van der Waals surface area contributed by atoms with Gasteiger partial charge in [0.1, 0.15) is 11.5 Å². The summed E-state index contributed by atoms with van der Waals surface area (Å²) < 4.78 is 24.0. The SMILES string of the molecule is O=S(=O)(CCc1cccc(O)c1)CCc1cccc(O)c1. The number of hydrogen-bond donors (Lipinski definition) is 2. The summed E-state index contributed by atoms with van der Waals surface area (Å²) >= 11 is 0. The van der Waals surface area contributed by atoms with Crippen molar-refractivity contribution in [3.63, 3.8) is 0 Å². The Morgan fingerprint density at radius 3 is 1.57 bits per heavy atom. The van der Waals surface area contributed by atoms with Crippen LogP contribution in [0.5, 0.6) is 11.5 Å². The van der Waals surface area contributed by atoms with E-state index >= 15 is 0 Å². The van der Waals surface area contributed by atoms with Crippen LogP contribution in [0.2, 0.25) is 0 Å². The molecule has 2 N–H and O–H groups in total. The van der Waals surface area contributed by atoms with E-state index in [1.54, 1.807) is 48.5 Å². The number of aromatic hydroxyl groups is 2. The van der Waals surface area contributed by atoms with E-state index in [4.69, 9.17) is 0 Å². The molecule has 21 heavy (non-hydrogen) atoms. The Hall–Kier alpha value is -2.01. The largest absolute Gasteiger partial charge is 0.508 e. The van der Waals surface area contributed by atoms with Crippen molar-refractivity contribution >= 4 is 9.84 Å². The molecular formula is C16H18O4S. The lowest BCUT2D eigenvalue weighted by molar-refractivity contribution is 0.474. The topological polar surface area (TPSA) is 74.6 Å². The van der Waals surface area contributed by atoms with Gasteiger partial charge in [0.2, 0.25) is 0 Å². The van der Waals surface area contributed by atoms with E-state index in [1.165, 1.54) is 0 Å². The van der Waals surface area contributed by atoms with Crippen LogP contribution in [0.1, 0.15) is 11.1 Å². The zero-order valence-corrected chi connectivity index (χ0v) is 12.4. The third kappa shape index (κ3) is 5.11. The lowest BCUT2D eigenvalue weighted by Gasteiger charge is -2.06. The molecule has 0 atom stereocenters. The summed E-state index contributed by atoms with van der Waals surface area (Å²) in [6, 6.07) is 13.2. The number of benzene rings is 2. The van der Waals surface area contributed by atoms with Gasteiger partial charge in [-0.2, -0.15) is 0 Å². The normalized spacial score (nSPS) is 11.4. The van der Waals surface area contributed by atoms with Gasteiger partial charge in [0.25, 0.3) is 0 Å². The fourth-order valence-corrected chi connectivity index (χ4v) is 3.37. The highest BCUT2D eigenvalue weighted by Crippen LogP contribution is 2.14. The molecule has 0 fully saturated rings. The molecule has 0 aliphatic carbocycles. The van der Waals surface area contributed by atoms with Crippen molar-refractivity contribution in [1.29, 1.82) is 0 Å². The van der Waals surface area contributed by atoms with Gasteiger partial charge >= 0.3 is 0 Å². The molecule has 0 radical (unpaired) electrons. The molecule has 5 heteroatoms.